The number of carbonyl (C=O) groups excluding carboxylic acids is 2. The van der Waals surface area contributed by atoms with Crippen LogP contribution in [0.3, 0.4) is 0 Å². The van der Waals surface area contributed by atoms with E-state index >= 15 is 0 Å². The van der Waals surface area contributed by atoms with Crippen LogP contribution in [0.25, 0.3) is 0 Å². The number of sulfonamides is 1. The van der Waals surface area contributed by atoms with Gasteiger partial charge in [-0.15, -0.1) is 0 Å². The number of nitrogens with zero attached hydrogens (tertiary/aromatic N) is 2. The topological polar surface area (TPSA) is 96.0 Å². The van der Waals surface area contributed by atoms with E-state index < -0.39 is 28.5 Å². The Kier molecular flexibility index (Phi) is 10.6. The van der Waals surface area contributed by atoms with Crippen LogP contribution < -0.4 is 14.4 Å². The molecular formula is C28H31Cl2N3O5S. The quantitative estimate of drug-likeness (QED) is 0.314. The monoisotopic (exact) mass is 591 g/mol. The van der Waals surface area contributed by atoms with E-state index in [1.54, 1.807) is 56.5 Å². The second kappa shape index (κ2) is 13.7. The predicted molar refractivity (Wildman–Crippen MR) is 154 cm³/mol. The van der Waals surface area contributed by atoms with E-state index in [1.165, 1.54) is 35.2 Å². The van der Waals surface area contributed by atoms with Crippen molar-refractivity contribution >= 4 is 50.7 Å². The maximum absolute atomic E-state index is 13.9. The number of hydrogen-bond acceptors (Lipinski definition) is 5. The second-order valence-electron chi connectivity index (χ2n) is 8.76. The number of halogens is 2. The van der Waals surface area contributed by atoms with Crippen molar-refractivity contribution in [1.82, 2.24) is 10.2 Å². The second-order valence-corrected chi connectivity index (χ2v) is 11.5. The van der Waals surface area contributed by atoms with Crippen LogP contribution in [0.2, 0.25) is 10.0 Å². The highest BCUT2D eigenvalue weighted by Crippen LogP contribution is 2.33. The lowest BCUT2D eigenvalue weighted by atomic mass is 10.1. The van der Waals surface area contributed by atoms with E-state index in [2.05, 4.69) is 5.32 Å². The van der Waals surface area contributed by atoms with Crippen LogP contribution in [-0.2, 0) is 26.2 Å². The van der Waals surface area contributed by atoms with Gasteiger partial charge in [-0.2, -0.15) is 0 Å². The standard InChI is InChI=1S/C28H31Cl2N3O5S/c1-4-16-31-28(35)20(2)32(18-21-10-13-23(38-3)14-11-21)27(34)19-33(26-15-12-22(29)17-25(26)30)39(36,37)24-8-6-5-7-9-24/h5-15,17,20H,4,16,18-19H2,1-3H3,(H,31,35). The molecule has 1 unspecified atom stereocenters. The Labute approximate surface area is 239 Å². The smallest absolute Gasteiger partial charge is 0.264 e. The summed E-state index contributed by atoms with van der Waals surface area (Å²) in [6.07, 6.45) is 0.725. The van der Waals surface area contributed by atoms with E-state index in [0.717, 1.165) is 16.3 Å². The lowest BCUT2D eigenvalue weighted by Gasteiger charge is -2.32. The van der Waals surface area contributed by atoms with Crippen LogP contribution in [0.1, 0.15) is 25.8 Å². The van der Waals surface area contributed by atoms with Crippen LogP contribution in [0.4, 0.5) is 5.69 Å². The predicted octanol–water partition coefficient (Wildman–Crippen LogP) is 5.14. The van der Waals surface area contributed by atoms with E-state index in [4.69, 9.17) is 27.9 Å². The summed E-state index contributed by atoms with van der Waals surface area (Å²) >= 11 is 12.5. The van der Waals surface area contributed by atoms with Gasteiger partial charge in [-0.3, -0.25) is 13.9 Å². The third kappa shape index (κ3) is 7.65. The van der Waals surface area contributed by atoms with Crippen molar-refractivity contribution in [3.63, 3.8) is 0 Å². The minimum atomic E-state index is -4.22. The number of anilines is 1. The normalized spacial score (nSPS) is 11.9. The lowest BCUT2D eigenvalue weighted by molar-refractivity contribution is -0.139. The molecule has 0 aliphatic carbocycles. The number of ether oxygens (including phenoxy) is 1. The molecular weight excluding hydrogens is 561 g/mol. The number of carbonyl (C=O) groups is 2. The Balaban J connectivity index is 2.03. The summed E-state index contributed by atoms with van der Waals surface area (Å²) in [6, 6.07) is 18.3. The van der Waals surface area contributed by atoms with Gasteiger partial charge in [0.05, 0.1) is 22.7 Å². The maximum atomic E-state index is 13.9. The highest BCUT2D eigenvalue weighted by atomic mass is 35.5. The maximum Gasteiger partial charge on any atom is 0.264 e. The zero-order chi connectivity index (χ0) is 28.6. The van der Waals surface area contributed by atoms with Gasteiger partial charge in [0.1, 0.15) is 18.3 Å². The number of methoxy groups -OCH3 is 1. The number of benzene rings is 3. The summed E-state index contributed by atoms with van der Waals surface area (Å²) in [5.41, 5.74) is 0.826. The summed E-state index contributed by atoms with van der Waals surface area (Å²) in [7, 11) is -2.67. The molecule has 0 heterocycles. The minimum absolute atomic E-state index is 0.0146. The molecule has 11 heteroatoms. The molecule has 2 amide bonds. The molecule has 0 spiro atoms. The zero-order valence-corrected chi connectivity index (χ0v) is 24.3. The van der Waals surface area contributed by atoms with Gasteiger partial charge in [-0.1, -0.05) is 60.5 Å². The molecule has 0 fully saturated rings. The van der Waals surface area contributed by atoms with Crippen molar-refractivity contribution in [2.45, 2.75) is 37.8 Å². The first-order valence-corrected chi connectivity index (χ1v) is 14.5. The van der Waals surface area contributed by atoms with Gasteiger partial charge < -0.3 is 15.0 Å². The number of rotatable bonds is 12. The molecule has 3 aromatic carbocycles. The average molecular weight is 593 g/mol. The number of amides is 2. The molecule has 0 aliphatic heterocycles. The van der Waals surface area contributed by atoms with Crippen LogP contribution >= 0.6 is 23.2 Å². The average Bonchev–Trinajstić information content (AvgIpc) is 2.94. The molecule has 0 radical (unpaired) electrons. The van der Waals surface area contributed by atoms with Crippen LogP contribution in [-0.4, -0.2) is 51.4 Å². The third-order valence-corrected chi connectivity index (χ3v) is 8.33. The highest BCUT2D eigenvalue weighted by molar-refractivity contribution is 7.92. The van der Waals surface area contributed by atoms with Gasteiger partial charge >= 0.3 is 0 Å². The molecule has 0 aromatic heterocycles. The first-order chi connectivity index (χ1) is 18.6. The van der Waals surface area contributed by atoms with Crippen molar-refractivity contribution < 1.29 is 22.7 Å². The molecule has 3 aromatic rings. The zero-order valence-electron chi connectivity index (χ0n) is 21.9. The van der Waals surface area contributed by atoms with Gasteiger partial charge in [0.2, 0.25) is 11.8 Å². The SMILES string of the molecule is CCCNC(=O)C(C)N(Cc1ccc(OC)cc1)C(=O)CN(c1ccc(Cl)cc1Cl)S(=O)(=O)c1ccccc1. The summed E-state index contributed by atoms with van der Waals surface area (Å²) < 4.78 is 33.7. The fraction of sp³-hybridized carbons (Fsp3) is 0.286. The van der Waals surface area contributed by atoms with Crippen molar-refractivity contribution in [3.8, 4) is 5.75 Å². The van der Waals surface area contributed by atoms with Crippen LogP contribution in [0.15, 0.2) is 77.7 Å². The van der Waals surface area contributed by atoms with E-state index in [9.17, 15) is 18.0 Å². The highest BCUT2D eigenvalue weighted by Gasteiger charge is 2.33. The Morgan fingerprint density at radius 3 is 2.26 bits per heavy atom. The van der Waals surface area contributed by atoms with Gasteiger partial charge in [-0.05, 0) is 61.4 Å². The number of hydrogen-bond donors (Lipinski definition) is 1. The Morgan fingerprint density at radius 1 is 1.00 bits per heavy atom. The Hall–Kier alpha value is -3.27. The Morgan fingerprint density at radius 2 is 1.67 bits per heavy atom. The van der Waals surface area contributed by atoms with Crippen molar-refractivity contribution in [2.24, 2.45) is 0 Å². The van der Waals surface area contributed by atoms with Gasteiger partial charge in [-0.25, -0.2) is 8.42 Å². The van der Waals surface area contributed by atoms with E-state index in [1.807, 2.05) is 6.92 Å². The fourth-order valence-electron chi connectivity index (χ4n) is 3.82. The molecule has 1 atom stereocenters. The minimum Gasteiger partial charge on any atom is -0.497 e. The van der Waals surface area contributed by atoms with Crippen LogP contribution in [0, 0.1) is 0 Å². The molecule has 8 nitrogen and oxygen atoms in total. The first kappa shape index (κ1) is 30.3. The summed E-state index contributed by atoms with van der Waals surface area (Å²) in [6.45, 7) is 3.45. The molecule has 0 aliphatic rings. The Bertz CT molecular complexity index is 1390. The molecule has 208 valence electrons. The fourth-order valence-corrected chi connectivity index (χ4v) is 5.84. The van der Waals surface area contributed by atoms with Crippen molar-refractivity contribution in [1.29, 1.82) is 0 Å². The summed E-state index contributed by atoms with van der Waals surface area (Å²) in [5.74, 6) is -0.293. The number of nitrogens with one attached hydrogen (secondary N) is 1. The van der Waals surface area contributed by atoms with Crippen molar-refractivity contribution in [3.05, 3.63) is 88.4 Å². The van der Waals surface area contributed by atoms with E-state index in [-0.39, 0.29) is 28.1 Å². The van der Waals surface area contributed by atoms with Crippen LogP contribution in [0.5, 0.6) is 5.75 Å². The van der Waals surface area contributed by atoms with Gasteiger partial charge in [0.25, 0.3) is 10.0 Å². The largest absolute Gasteiger partial charge is 0.497 e. The molecule has 0 saturated carbocycles. The molecule has 3 rings (SSSR count). The van der Waals surface area contributed by atoms with Gasteiger partial charge in [0.15, 0.2) is 0 Å². The van der Waals surface area contributed by atoms with Crippen molar-refractivity contribution in [2.75, 3.05) is 24.5 Å². The molecule has 0 saturated heterocycles. The van der Waals surface area contributed by atoms with Gasteiger partial charge in [0, 0.05) is 18.1 Å². The molecule has 1 N–H and O–H groups in total. The third-order valence-electron chi connectivity index (χ3n) is 6.02. The van der Waals surface area contributed by atoms with E-state index in [0.29, 0.717) is 17.3 Å². The lowest BCUT2D eigenvalue weighted by Crippen LogP contribution is -2.51. The summed E-state index contributed by atoms with van der Waals surface area (Å²) in [4.78, 5) is 28.1. The molecule has 39 heavy (non-hydrogen) atoms. The molecule has 0 bridgehead atoms. The summed E-state index contributed by atoms with van der Waals surface area (Å²) in [5, 5.41) is 3.18. The first-order valence-electron chi connectivity index (χ1n) is 12.3.